The van der Waals surface area contributed by atoms with Crippen LogP contribution in [0, 0.1) is 11.3 Å². The monoisotopic (exact) mass is 270 g/mol. The van der Waals surface area contributed by atoms with Crippen LogP contribution in [-0.4, -0.2) is 23.4 Å². The third kappa shape index (κ3) is 3.19. The number of rotatable bonds is 3. The van der Waals surface area contributed by atoms with Gasteiger partial charge in [-0.1, -0.05) is 37.8 Å². The molecule has 0 saturated heterocycles. The minimum absolute atomic E-state index is 0.0107. The summed E-state index contributed by atoms with van der Waals surface area (Å²) in [6.07, 6.45) is 7.14. The van der Waals surface area contributed by atoms with E-state index in [0.717, 1.165) is 12.8 Å². The lowest BCUT2D eigenvalue weighted by molar-refractivity contribution is 0.0672. The molecule has 0 spiro atoms. The van der Waals surface area contributed by atoms with Gasteiger partial charge in [0.05, 0.1) is 17.2 Å². The van der Waals surface area contributed by atoms with Gasteiger partial charge in [0.2, 0.25) is 0 Å². The van der Waals surface area contributed by atoms with Gasteiger partial charge < -0.3 is 4.90 Å². The average Bonchev–Trinajstić information content (AvgIpc) is 2.77. The summed E-state index contributed by atoms with van der Waals surface area (Å²) in [7, 11) is 0. The van der Waals surface area contributed by atoms with Gasteiger partial charge in [-0.2, -0.15) is 5.26 Å². The largest absolute Gasteiger partial charge is 0.336 e. The number of hydrogen-bond acceptors (Lipinski definition) is 2. The van der Waals surface area contributed by atoms with Crippen LogP contribution in [0.25, 0.3) is 0 Å². The predicted molar refractivity (Wildman–Crippen MR) is 79.4 cm³/mol. The third-order valence-electron chi connectivity index (χ3n) is 4.14. The maximum Gasteiger partial charge on any atom is 0.255 e. The minimum atomic E-state index is 0.0107. The fraction of sp³-hybridized carbons (Fsp3) is 0.529. The number of nitriles is 1. The van der Waals surface area contributed by atoms with Gasteiger partial charge in [0.15, 0.2) is 0 Å². The molecule has 0 radical (unpaired) electrons. The molecule has 1 aromatic carbocycles. The number of amides is 1. The lowest BCUT2D eigenvalue weighted by Crippen LogP contribution is -2.40. The van der Waals surface area contributed by atoms with Crippen molar-refractivity contribution in [2.24, 2.45) is 0 Å². The molecule has 0 atom stereocenters. The average molecular weight is 270 g/mol. The summed E-state index contributed by atoms with van der Waals surface area (Å²) < 4.78 is 0. The van der Waals surface area contributed by atoms with Gasteiger partial charge in [0.25, 0.3) is 5.91 Å². The van der Waals surface area contributed by atoms with Crippen molar-refractivity contribution in [2.45, 2.75) is 51.5 Å². The van der Waals surface area contributed by atoms with Crippen LogP contribution in [-0.2, 0) is 0 Å². The van der Waals surface area contributed by atoms with Crippen LogP contribution in [0.3, 0.4) is 0 Å². The van der Waals surface area contributed by atoms with E-state index in [4.69, 9.17) is 5.26 Å². The lowest BCUT2D eigenvalue weighted by Gasteiger charge is -2.30. The Bertz CT molecular complexity index is 496. The molecule has 1 aromatic rings. The second-order valence-electron chi connectivity index (χ2n) is 5.39. The van der Waals surface area contributed by atoms with E-state index >= 15 is 0 Å². The van der Waals surface area contributed by atoms with Crippen molar-refractivity contribution in [3.05, 3.63) is 35.4 Å². The van der Waals surface area contributed by atoms with E-state index < -0.39 is 0 Å². The topological polar surface area (TPSA) is 44.1 Å². The van der Waals surface area contributed by atoms with Gasteiger partial charge in [0, 0.05) is 12.6 Å². The Morgan fingerprint density at radius 1 is 1.25 bits per heavy atom. The summed E-state index contributed by atoms with van der Waals surface area (Å²) in [6, 6.07) is 9.57. The van der Waals surface area contributed by atoms with Crippen LogP contribution >= 0.6 is 0 Å². The van der Waals surface area contributed by atoms with E-state index in [1.165, 1.54) is 25.7 Å². The maximum atomic E-state index is 12.7. The number of carbonyl (C=O) groups excluding carboxylic acids is 1. The number of hydrogen-bond donors (Lipinski definition) is 0. The predicted octanol–water partition coefficient (Wildman–Crippen LogP) is 3.74. The Morgan fingerprint density at radius 2 is 1.90 bits per heavy atom. The molecule has 0 unspecified atom stereocenters. The lowest BCUT2D eigenvalue weighted by atomic mass is 10.0. The second kappa shape index (κ2) is 7.09. The Labute approximate surface area is 121 Å². The first-order valence-corrected chi connectivity index (χ1v) is 7.58. The van der Waals surface area contributed by atoms with Gasteiger partial charge >= 0.3 is 0 Å². The van der Waals surface area contributed by atoms with E-state index in [0.29, 0.717) is 23.7 Å². The smallest absolute Gasteiger partial charge is 0.255 e. The number of nitrogens with zero attached hydrogens (tertiary/aromatic N) is 2. The molecule has 2 rings (SSSR count). The Balaban J connectivity index is 2.22. The van der Waals surface area contributed by atoms with Crippen molar-refractivity contribution in [1.29, 1.82) is 5.26 Å². The summed E-state index contributed by atoms with van der Waals surface area (Å²) in [5.41, 5.74) is 1.02. The van der Waals surface area contributed by atoms with E-state index in [1.54, 1.807) is 18.2 Å². The van der Waals surface area contributed by atoms with E-state index in [2.05, 4.69) is 6.07 Å². The van der Waals surface area contributed by atoms with Crippen molar-refractivity contribution in [3.63, 3.8) is 0 Å². The molecular formula is C17H22N2O. The van der Waals surface area contributed by atoms with Crippen LogP contribution in [0.4, 0.5) is 0 Å². The zero-order valence-corrected chi connectivity index (χ0v) is 12.1. The second-order valence-corrected chi connectivity index (χ2v) is 5.39. The van der Waals surface area contributed by atoms with Gasteiger partial charge in [-0.05, 0) is 31.9 Å². The first-order valence-electron chi connectivity index (χ1n) is 7.58. The van der Waals surface area contributed by atoms with Crippen molar-refractivity contribution in [2.75, 3.05) is 6.54 Å². The highest BCUT2D eigenvalue weighted by Gasteiger charge is 2.25. The normalized spacial score (nSPS) is 16.2. The summed E-state index contributed by atoms with van der Waals surface area (Å²) in [6.45, 7) is 2.74. The zero-order chi connectivity index (χ0) is 14.4. The summed E-state index contributed by atoms with van der Waals surface area (Å²) >= 11 is 0. The van der Waals surface area contributed by atoms with E-state index in [9.17, 15) is 4.79 Å². The van der Waals surface area contributed by atoms with Crippen molar-refractivity contribution in [3.8, 4) is 6.07 Å². The number of carbonyl (C=O) groups is 1. The molecule has 0 aromatic heterocycles. The van der Waals surface area contributed by atoms with Crippen LogP contribution in [0.2, 0.25) is 0 Å². The summed E-state index contributed by atoms with van der Waals surface area (Å²) in [4.78, 5) is 14.7. The summed E-state index contributed by atoms with van der Waals surface area (Å²) in [5.74, 6) is 0.0107. The van der Waals surface area contributed by atoms with Crippen molar-refractivity contribution < 1.29 is 4.79 Å². The molecular weight excluding hydrogens is 248 g/mol. The highest BCUT2D eigenvalue weighted by atomic mass is 16.2. The fourth-order valence-corrected chi connectivity index (χ4v) is 3.06. The van der Waals surface area contributed by atoms with E-state index in [-0.39, 0.29) is 5.91 Å². The fourth-order valence-electron chi connectivity index (χ4n) is 3.06. The first-order chi connectivity index (χ1) is 9.77. The van der Waals surface area contributed by atoms with Crippen molar-refractivity contribution in [1.82, 2.24) is 4.90 Å². The van der Waals surface area contributed by atoms with Crippen molar-refractivity contribution >= 4 is 5.91 Å². The molecule has 1 aliphatic rings. The molecule has 1 saturated carbocycles. The Kier molecular flexibility index (Phi) is 5.17. The molecule has 106 valence electrons. The van der Waals surface area contributed by atoms with Crippen LogP contribution in [0.5, 0.6) is 0 Å². The quantitative estimate of drug-likeness (QED) is 0.785. The maximum absolute atomic E-state index is 12.7. The molecule has 0 aliphatic heterocycles. The van der Waals surface area contributed by atoms with Gasteiger partial charge in [0.1, 0.15) is 0 Å². The van der Waals surface area contributed by atoms with Gasteiger partial charge in [-0.25, -0.2) is 0 Å². The molecule has 0 heterocycles. The molecule has 1 amide bonds. The minimum Gasteiger partial charge on any atom is -0.336 e. The van der Waals surface area contributed by atoms with Crippen LogP contribution in [0.1, 0.15) is 61.4 Å². The van der Waals surface area contributed by atoms with Crippen LogP contribution in [0.15, 0.2) is 24.3 Å². The molecule has 1 fully saturated rings. The highest BCUT2D eigenvalue weighted by molar-refractivity contribution is 5.96. The summed E-state index contributed by atoms with van der Waals surface area (Å²) in [5, 5.41) is 9.16. The highest BCUT2D eigenvalue weighted by Crippen LogP contribution is 2.24. The SMILES string of the molecule is CCN(C(=O)c1ccccc1C#N)C1CCCCCC1. The molecule has 3 heteroatoms. The zero-order valence-electron chi connectivity index (χ0n) is 12.1. The molecule has 0 bridgehead atoms. The van der Waals surface area contributed by atoms with Gasteiger partial charge in [-0.15, -0.1) is 0 Å². The third-order valence-corrected chi connectivity index (χ3v) is 4.14. The Morgan fingerprint density at radius 3 is 2.50 bits per heavy atom. The number of benzene rings is 1. The molecule has 1 aliphatic carbocycles. The van der Waals surface area contributed by atoms with E-state index in [1.807, 2.05) is 17.9 Å². The molecule has 20 heavy (non-hydrogen) atoms. The Hall–Kier alpha value is -1.82. The first kappa shape index (κ1) is 14.6. The standard InChI is InChI=1S/C17H22N2O/c1-2-19(15-10-5-3-4-6-11-15)17(20)16-12-8-7-9-14(16)13-18/h7-9,12,15H,2-6,10-11H2,1H3. The molecule has 0 N–H and O–H groups in total. The van der Waals surface area contributed by atoms with Crippen LogP contribution < -0.4 is 0 Å². The van der Waals surface area contributed by atoms with Gasteiger partial charge in [-0.3, -0.25) is 4.79 Å². The molecule has 3 nitrogen and oxygen atoms in total.